The Hall–Kier alpha value is -1.79. The van der Waals surface area contributed by atoms with Gasteiger partial charge in [0.1, 0.15) is 6.04 Å². The van der Waals surface area contributed by atoms with E-state index < -0.39 is 18.0 Å². The fourth-order valence-corrected chi connectivity index (χ4v) is 2.25. The van der Waals surface area contributed by atoms with E-state index in [1.54, 1.807) is 0 Å². The number of carboxylic acids is 1. The molecule has 3 N–H and O–H groups in total. The van der Waals surface area contributed by atoms with Crippen molar-refractivity contribution in [2.75, 3.05) is 13.1 Å². The number of carbonyl (C=O) groups excluding carboxylic acids is 2. The second-order valence-corrected chi connectivity index (χ2v) is 5.56. The lowest BCUT2D eigenvalue weighted by atomic mass is 9.93. The Bertz CT molecular complexity index is 384. The van der Waals surface area contributed by atoms with Crippen molar-refractivity contribution in [2.45, 2.75) is 45.7 Å². The van der Waals surface area contributed by atoms with Gasteiger partial charge in [-0.2, -0.15) is 0 Å². The third-order valence-electron chi connectivity index (χ3n) is 3.26. The number of piperidine rings is 1. The number of nitrogens with zero attached hydrogens (tertiary/aromatic N) is 1. The zero-order chi connectivity index (χ0) is 15.3. The summed E-state index contributed by atoms with van der Waals surface area (Å²) >= 11 is 0. The monoisotopic (exact) mass is 285 g/mol. The van der Waals surface area contributed by atoms with Crippen LogP contribution in [0.25, 0.3) is 0 Å². The molecule has 1 rings (SSSR count). The molecule has 0 saturated carbocycles. The summed E-state index contributed by atoms with van der Waals surface area (Å²) < 4.78 is 0. The lowest BCUT2D eigenvalue weighted by molar-refractivity contribution is -0.143. The molecule has 1 heterocycles. The van der Waals surface area contributed by atoms with Gasteiger partial charge in [0.05, 0.1) is 6.54 Å². The Labute approximate surface area is 118 Å². The molecule has 20 heavy (non-hydrogen) atoms. The first-order chi connectivity index (χ1) is 9.31. The maximum absolute atomic E-state index is 12.0. The van der Waals surface area contributed by atoms with Crippen LogP contribution in [-0.2, 0) is 9.59 Å². The molecule has 0 bridgehead atoms. The Kier molecular flexibility index (Phi) is 5.79. The third-order valence-corrected chi connectivity index (χ3v) is 3.26. The molecule has 1 aliphatic rings. The minimum Gasteiger partial charge on any atom is -0.480 e. The van der Waals surface area contributed by atoms with E-state index in [0.29, 0.717) is 13.0 Å². The summed E-state index contributed by atoms with van der Waals surface area (Å²) in [6, 6.07) is -1.31. The molecular formula is C13H23N3O4. The maximum Gasteiger partial charge on any atom is 0.326 e. The normalized spacial score (nSPS) is 22.5. The number of likely N-dealkylation sites (tertiary alicyclic amines) is 1. The zero-order valence-electron chi connectivity index (χ0n) is 12.2. The van der Waals surface area contributed by atoms with Crippen LogP contribution in [0.2, 0.25) is 0 Å². The van der Waals surface area contributed by atoms with Crippen LogP contribution >= 0.6 is 0 Å². The second-order valence-electron chi connectivity index (χ2n) is 5.56. The smallest absolute Gasteiger partial charge is 0.326 e. The quantitative estimate of drug-likeness (QED) is 0.696. The van der Waals surface area contributed by atoms with Crippen LogP contribution in [0.3, 0.4) is 0 Å². The van der Waals surface area contributed by atoms with Crippen molar-refractivity contribution in [3.63, 3.8) is 0 Å². The van der Waals surface area contributed by atoms with Gasteiger partial charge >= 0.3 is 12.0 Å². The summed E-state index contributed by atoms with van der Waals surface area (Å²) in [6.07, 6.45) is 1.22. The second kappa shape index (κ2) is 7.12. The number of carbonyl (C=O) groups is 3. The van der Waals surface area contributed by atoms with Gasteiger partial charge in [-0.25, -0.2) is 9.59 Å². The van der Waals surface area contributed by atoms with Gasteiger partial charge in [0.2, 0.25) is 5.91 Å². The molecule has 3 amide bonds. The van der Waals surface area contributed by atoms with Crippen LogP contribution < -0.4 is 10.6 Å². The average molecular weight is 285 g/mol. The first-order valence-electron chi connectivity index (χ1n) is 6.88. The summed E-state index contributed by atoms with van der Waals surface area (Å²) in [5.74, 6) is -1.01. The Balaban J connectivity index is 2.52. The molecule has 0 aromatic carbocycles. The van der Waals surface area contributed by atoms with Crippen molar-refractivity contribution in [3.05, 3.63) is 0 Å². The van der Waals surface area contributed by atoms with Crippen LogP contribution in [0.1, 0.15) is 33.6 Å². The molecule has 0 aromatic rings. The number of carboxylic acid groups (broad SMARTS) is 1. The lowest BCUT2D eigenvalue weighted by Crippen LogP contribution is -2.54. The highest BCUT2D eigenvalue weighted by Gasteiger charge is 2.34. The minimum absolute atomic E-state index is 0.00186. The molecule has 0 spiro atoms. The molecule has 7 heteroatoms. The van der Waals surface area contributed by atoms with E-state index in [0.717, 1.165) is 6.42 Å². The average Bonchev–Trinajstić information content (AvgIpc) is 2.35. The summed E-state index contributed by atoms with van der Waals surface area (Å²) in [6.45, 7) is 5.88. The fraction of sp³-hybridized carbons (Fsp3) is 0.769. The molecule has 0 aromatic heterocycles. The van der Waals surface area contributed by atoms with Gasteiger partial charge in [0.25, 0.3) is 0 Å². The number of urea groups is 1. The van der Waals surface area contributed by atoms with Gasteiger partial charge in [-0.1, -0.05) is 6.92 Å². The van der Waals surface area contributed by atoms with E-state index in [1.165, 1.54) is 4.90 Å². The van der Waals surface area contributed by atoms with Crippen LogP contribution in [0.5, 0.6) is 0 Å². The number of hydrogen-bond acceptors (Lipinski definition) is 3. The summed E-state index contributed by atoms with van der Waals surface area (Å²) in [5.41, 5.74) is 0. The molecule has 7 nitrogen and oxygen atoms in total. The number of amides is 3. The largest absolute Gasteiger partial charge is 0.480 e. The Morgan fingerprint density at radius 3 is 2.55 bits per heavy atom. The van der Waals surface area contributed by atoms with Crippen molar-refractivity contribution in [3.8, 4) is 0 Å². The van der Waals surface area contributed by atoms with Gasteiger partial charge in [-0.15, -0.1) is 0 Å². The van der Waals surface area contributed by atoms with Crippen molar-refractivity contribution in [1.29, 1.82) is 0 Å². The van der Waals surface area contributed by atoms with Crippen LogP contribution in [0.15, 0.2) is 0 Å². The number of nitrogens with one attached hydrogen (secondary N) is 2. The number of aliphatic carboxylic acids is 1. The molecule has 1 aliphatic heterocycles. The molecule has 0 aliphatic carbocycles. The molecule has 0 radical (unpaired) electrons. The third kappa shape index (κ3) is 4.71. The summed E-state index contributed by atoms with van der Waals surface area (Å²) in [5, 5.41) is 14.3. The van der Waals surface area contributed by atoms with Crippen molar-refractivity contribution in [1.82, 2.24) is 15.5 Å². The Morgan fingerprint density at radius 2 is 2.00 bits per heavy atom. The van der Waals surface area contributed by atoms with E-state index in [-0.39, 0.29) is 24.4 Å². The van der Waals surface area contributed by atoms with Crippen LogP contribution in [-0.4, -0.2) is 53.1 Å². The summed E-state index contributed by atoms with van der Waals surface area (Å²) in [7, 11) is 0. The molecule has 2 unspecified atom stereocenters. The molecule has 1 saturated heterocycles. The van der Waals surface area contributed by atoms with Gasteiger partial charge in [-0.3, -0.25) is 4.79 Å². The highest BCUT2D eigenvalue weighted by molar-refractivity contribution is 5.86. The first-order valence-corrected chi connectivity index (χ1v) is 6.88. The predicted octanol–water partition coefficient (Wildman–Crippen LogP) is 0.406. The van der Waals surface area contributed by atoms with Crippen molar-refractivity contribution >= 4 is 17.9 Å². The molecule has 114 valence electrons. The summed E-state index contributed by atoms with van der Waals surface area (Å²) in [4.78, 5) is 35.9. The van der Waals surface area contributed by atoms with E-state index in [9.17, 15) is 19.5 Å². The van der Waals surface area contributed by atoms with Crippen LogP contribution in [0, 0.1) is 5.92 Å². The standard InChI is InChI=1S/C13H23N3O4/c1-8(2)15-11(17)7-14-13(20)16-5-4-9(3)6-10(16)12(18)19/h8-10H,4-7H2,1-3H3,(H,14,20)(H,15,17)(H,18,19). The van der Waals surface area contributed by atoms with Crippen molar-refractivity contribution in [2.24, 2.45) is 5.92 Å². The number of hydrogen-bond donors (Lipinski definition) is 3. The first kappa shape index (κ1) is 16.3. The topological polar surface area (TPSA) is 98.7 Å². The highest BCUT2D eigenvalue weighted by atomic mass is 16.4. The van der Waals surface area contributed by atoms with Gasteiger partial charge in [-0.05, 0) is 32.6 Å². The maximum atomic E-state index is 12.0. The SMILES string of the molecule is CC1CCN(C(=O)NCC(=O)NC(C)C)C(C(=O)O)C1. The van der Waals surface area contributed by atoms with Gasteiger partial charge < -0.3 is 20.6 Å². The number of rotatable bonds is 4. The minimum atomic E-state index is -1.00. The van der Waals surface area contributed by atoms with Crippen molar-refractivity contribution < 1.29 is 19.5 Å². The van der Waals surface area contributed by atoms with Crippen LogP contribution in [0.4, 0.5) is 4.79 Å². The van der Waals surface area contributed by atoms with E-state index in [2.05, 4.69) is 10.6 Å². The fourth-order valence-electron chi connectivity index (χ4n) is 2.25. The molecule has 2 atom stereocenters. The lowest BCUT2D eigenvalue weighted by Gasteiger charge is -2.35. The van der Waals surface area contributed by atoms with E-state index in [4.69, 9.17) is 0 Å². The van der Waals surface area contributed by atoms with Gasteiger partial charge in [0.15, 0.2) is 0 Å². The molecular weight excluding hydrogens is 262 g/mol. The molecule has 1 fully saturated rings. The highest BCUT2D eigenvalue weighted by Crippen LogP contribution is 2.22. The van der Waals surface area contributed by atoms with Gasteiger partial charge in [0, 0.05) is 12.6 Å². The van der Waals surface area contributed by atoms with E-state index >= 15 is 0 Å². The zero-order valence-corrected chi connectivity index (χ0v) is 12.2. The predicted molar refractivity (Wildman–Crippen MR) is 73.2 cm³/mol. The Morgan fingerprint density at radius 1 is 1.35 bits per heavy atom. The van der Waals surface area contributed by atoms with E-state index in [1.807, 2.05) is 20.8 Å².